The monoisotopic (exact) mass is 304 g/mol. The summed E-state index contributed by atoms with van der Waals surface area (Å²) in [5, 5.41) is 2.85. The Morgan fingerprint density at radius 3 is 2.86 bits per heavy atom. The first-order valence-corrected chi connectivity index (χ1v) is 7.74. The van der Waals surface area contributed by atoms with Crippen LogP contribution in [0.2, 0.25) is 0 Å². The van der Waals surface area contributed by atoms with Crippen molar-refractivity contribution in [3.63, 3.8) is 0 Å². The Balaban J connectivity index is 1.71. The molecule has 0 bridgehead atoms. The Morgan fingerprint density at radius 1 is 1.45 bits per heavy atom. The first-order chi connectivity index (χ1) is 10.5. The van der Waals surface area contributed by atoms with E-state index in [1.807, 2.05) is 45.0 Å². The lowest BCUT2D eigenvalue weighted by Gasteiger charge is -2.20. The normalized spacial score (nSPS) is 17.9. The van der Waals surface area contributed by atoms with Crippen LogP contribution < -0.4 is 10.1 Å². The third kappa shape index (κ3) is 4.23. The fourth-order valence-electron chi connectivity index (χ4n) is 2.60. The number of carbonyl (C=O) groups excluding carboxylic acids is 2. The number of amides is 2. The number of carbonyl (C=O) groups is 2. The Hall–Kier alpha value is -2.04. The lowest BCUT2D eigenvalue weighted by molar-refractivity contribution is -0.129. The van der Waals surface area contributed by atoms with Crippen LogP contribution in [0.15, 0.2) is 24.3 Å². The van der Waals surface area contributed by atoms with Crippen molar-refractivity contribution in [2.45, 2.75) is 33.2 Å². The maximum absolute atomic E-state index is 12.1. The van der Waals surface area contributed by atoms with Gasteiger partial charge in [-0.05, 0) is 38.5 Å². The molecule has 1 saturated heterocycles. The molecule has 2 rings (SSSR count). The van der Waals surface area contributed by atoms with Gasteiger partial charge in [0.15, 0.2) is 0 Å². The van der Waals surface area contributed by atoms with E-state index < -0.39 is 0 Å². The summed E-state index contributed by atoms with van der Waals surface area (Å²) in [6.45, 7) is 7.32. The number of likely N-dealkylation sites (tertiary alicyclic amines) is 1. The van der Waals surface area contributed by atoms with Crippen LogP contribution in [0.4, 0.5) is 0 Å². The van der Waals surface area contributed by atoms with Gasteiger partial charge in [-0.1, -0.05) is 12.1 Å². The summed E-state index contributed by atoms with van der Waals surface area (Å²) in [5.41, 5.74) is 1.14. The molecule has 120 valence electrons. The predicted octanol–water partition coefficient (Wildman–Crippen LogP) is 1.75. The number of benzene rings is 1. The molecule has 5 nitrogen and oxygen atoms in total. The van der Waals surface area contributed by atoms with Gasteiger partial charge in [0.25, 0.3) is 0 Å². The Bertz CT molecular complexity index is 542. The number of rotatable bonds is 6. The Morgan fingerprint density at radius 2 is 2.23 bits per heavy atom. The summed E-state index contributed by atoms with van der Waals surface area (Å²) in [6.07, 6.45) is 0.308. The predicted molar refractivity (Wildman–Crippen MR) is 84.6 cm³/mol. The molecule has 2 amide bonds. The summed E-state index contributed by atoms with van der Waals surface area (Å²) in [4.78, 5) is 25.6. The fourth-order valence-corrected chi connectivity index (χ4v) is 2.60. The lowest BCUT2D eigenvalue weighted by atomic mass is 10.1. The average Bonchev–Trinajstić information content (AvgIpc) is 2.86. The molecule has 1 aromatic rings. The summed E-state index contributed by atoms with van der Waals surface area (Å²) in [5.74, 6) is 0.556. The van der Waals surface area contributed by atoms with E-state index in [9.17, 15) is 9.59 Å². The van der Waals surface area contributed by atoms with Crippen LogP contribution in [0.1, 0.15) is 25.8 Å². The van der Waals surface area contributed by atoms with Gasteiger partial charge >= 0.3 is 0 Å². The van der Waals surface area contributed by atoms with Crippen molar-refractivity contribution < 1.29 is 14.3 Å². The minimum Gasteiger partial charge on any atom is -0.492 e. The zero-order valence-corrected chi connectivity index (χ0v) is 13.5. The summed E-state index contributed by atoms with van der Waals surface area (Å²) >= 11 is 0. The van der Waals surface area contributed by atoms with Crippen molar-refractivity contribution in [2.24, 2.45) is 5.92 Å². The van der Waals surface area contributed by atoms with E-state index >= 15 is 0 Å². The van der Waals surface area contributed by atoms with E-state index in [0.717, 1.165) is 11.3 Å². The minimum atomic E-state index is -0.242. The van der Waals surface area contributed by atoms with E-state index in [1.165, 1.54) is 0 Å². The quantitative estimate of drug-likeness (QED) is 0.815. The van der Waals surface area contributed by atoms with Gasteiger partial charge < -0.3 is 15.0 Å². The zero-order valence-electron chi connectivity index (χ0n) is 13.5. The van der Waals surface area contributed by atoms with Gasteiger partial charge in [-0.25, -0.2) is 0 Å². The van der Waals surface area contributed by atoms with Crippen molar-refractivity contribution in [3.05, 3.63) is 29.8 Å². The highest BCUT2D eigenvalue weighted by Gasteiger charge is 2.35. The number of nitrogens with one attached hydrogen (secondary N) is 1. The molecule has 1 heterocycles. The van der Waals surface area contributed by atoms with Gasteiger partial charge in [0.05, 0.1) is 12.5 Å². The van der Waals surface area contributed by atoms with Crippen LogP contribution in [0.3, 0.4) is 0 Å². The fraction of sp³-hybridized carbons (Fsp3) is 0.529. The van der Waals surface area contributed by atoms with Gasteiger partial charge in [0, 0.05) is 19.0 Å². The highest BCUT2D eigenvalue weighted by molar-refractivity contribution is 5.89. The van der Waals surface area contributed by atoms with Crippen molar-refractivity contribution in [3.8, 4) is 5.75 Å². The van der Waals surface area contributed by atoms with Gasteiger partial charge in [-0.3, -0.25) is 9.59 Å². The van der Waals surface area contributed by atoms with Crippen molar-refractivity contribution >= 4 is 11.8 Å². The first-order valence-electron chi connectivity index (χ1n) is 7.74. The third-order valence-electron chi connectivity index (χ3n) is 3.81. The second-order valence-electron chi connectivity index (χ2n) is 6.00. The van der Waals surface area contributed by atoms with Crippen LogP contribution in [-0.2, 0) is 9.59 Å². The maximum atomic E-state index is 12.1. The van der Waals surface area contributed by atoms with Crippen LogP contribution in [0, 0.1) is 12.8 Å². The number of hydrogen-bond acceptors (Lipinski definition) is 3. The molecule has 1 aromatic carbocycles. The Labute approximate surface area is 131 Å². The SMILES string of the molecule is Cc1cccc(OCCNC(=O)[C@H]2CC(=O)N(C(C)C)C2)c1. The molecule has 0 aromatic heterocycles. The summed E-state index contributed by atoms with van der Waals surface area (Å²) in [7, 11) is 0. The molecule has 1 aliphatic rings. The minimum absolute atomic E-state index is 0.0613. The van der Waals surface area contributed by atoms with Crippen LogP contribution in [0.5, 0.6) is 5.75 Å². The first kappa shape index (κ1) is 16.3. The molecule has 0 spiro atoms. The standard InChI is InChI=1S/C17H24N2O3/c1-12(2)19-11-14(10-16(19)20)17(21)18-7-8-22-15-6-4-5-13(3)9-15/h4-6,9,12,14H,7-8,10-11H2,1-3H3,(H,18,21)/t14-/m0/s1. The number of ether oxygens (including phenoxy) is 1. The average molecular weight is 304 g/mol. The van der Waals surface area contributed by atoms with Gasteiger partial charge in [-0.15, -0.1) is 0 Å². The zero-order chi connectivity index (χ0) is 16.1. The molecule has 0 aliphatic carbocycles. The number of aryl methyl sites for hydroxylation is 1. The molecule has 0 saturated carbocycles. The molecule has 5 heteroatoms. The van der Waals surface area contributed by atoms with Crippen LogP contribution >= 0.6 is 0 Å². The van der Waals surface area contributed by atoms with Crippen molar-refractivity contribution in [1.29, 1.82) is 0 Å². The van der Waals surface area contributed by atoms with Crippen LogP contribution in [-0.4, -0.2) is 42.5 Å². The van der Waals surface area contributed by atoms with E-state index in [4.69, 9.17) is 4.74 Å². The number of nitrogens with zero attached hydrogens (tertiary/aromatic N) is 1. The van der Waals surface area contributed by atoms with Crippen LogP contribution in [0.25, 0.3) is 0 Å². The van der Waals surface area contributed by atoms with Gasteiger partial charge in [-0.2, -0.15) is 0 Å². The molecule has 1 aliphatic heterocycles. The molecule has 22 heavy (non-hydrogen) atoms. The van der Waals surface area contributed by atoms with E-state index in [-0.39, 0.29) is 23.8 Å². The smallest absolute Gasteiger partial charge is 0.225 e. The van der Waals surface area contributed by atoms with Gasteiger partial charge in [0.1, 0.15) is 12.4 Å². The molecular formula is C17H24N2O3. The Kier molecular flexibility index (Phi) is 5.41. The maximum Gasteiger partial charge on any atom is 0.225 e. The molecule has 1 fully saturated rings. The van der Waals surface area contributed by atoms with E-state index in [2.05, 4.69) is 5.32 Å². The molecular weight excluding hydrogens is 280 g/mol. The third-order valence-corrected chi connectivity index (χ3v) is 3.81. The highest BCUT2D eigenvalue weighted by Crippen LogP contribution is 2.20. The number of hydrogen-bond donors (Lipinski definition) is 1. The topological polar surface area (TPSA) is 58.6 Å². The summed E-state index contributed by atoms with van der Waals surface area (Å²) < 4.78 is 5.59. The van der Waals surface area contributed by atoms with Crippen molar-refractivity contribution in [2.75, 3.05) is 19.7 Å². The molecule has 1 N–H and O–H groups in total. The van der Waals surface area contributed by atoms with E-state index in [0.29, 0.717) is 26.1 Å². The molecule has 1 atom stereocenters. The highest BCUT2D eigenvalue weighted by atomic mass is 16.5. The van der Waals surface area contributed by atoms with E-state index in [1.54, 1.807) is 4.90 Å². The van der Waals surface area contributed by atoms with Gasteiger partial charge in [0.2, 0.25) is 11.8 Å². The summed E-state index contributed by atoms with van der Waals surface area (Å²) in [6, 6.07) is 7.94. The lowest BCUT2D eigenvalue weighted by Crippen LogP contribution is -2.36. The second-order valence-corrected chi connectivity index (χ2v) is 6.00. The molecule has 0 radical (unpaired) electrons. The second kappa shape index (κ2) is 7.29. The molecule has 0 unspecified atom stereocenters. The van der Waals surface area contributed by atoms with Crippen molar-refractivity contribution in [1.82, 2.24) is 10.2 Å². The largest absolute Gasteiger partial charge is 0.492 e.